The standard InChI is InChI=1S/C13H17BrN2O.ClH/c1-9-8-10(2-3-12(9)14)13(17)16-11-4-6-15-7-5-11;/h2-3,8,11,15H,4-7H2,1H3,(H,16,17);1H. The predicted octanol–water partition coefficient (Wildman–Crippen LogP) is 2.66. The first-order valence-electron chi connectivity index (χ1n) is 5.94. The molecule has 1 heterocycles. The van der Waals surface area contributed by atoms with Gasteiger partial charge in [-0.05, 0) is 56.6 Å². The monoisotopic (exact) mass is 332 g/mol. The van der Waals surface area contributed by atoms with Gasteiger partial charge in [0.1, 0.15) is 0 Å². The zero-order valence-corrected chi connectivity index (χ0v) is 12.7. The molecule has 3 nitrogen and oxygen atoms in total. The summed E-state index contributed by atoms with van der Waals surface area (Å²) in [6.45, 7) is 3.97. The summed E-state index contributed by atoms with van der Waals surface area (Å²) >= 11 is 3.44. The summed E-state index contributed by atoms with van der Waals surface area (Å²) < 4.78 is 1.04. The van der Waals surface area contributed by atoms with E-state index in [1.807, 2.05) is 25.1 Å². The molecule has 1 aliphatic rings. The number of aryl methyl sites for hydroxylation is 1. The van der Waals surface area contributed by atoms with E-state index in [0.717, 1.165) is 41.5 Å². The Bertz CT molecular complexity index is 419. The van der Waals surface area contributed by atoms with Gasteiger partial charge in [0.15, 0.2) is 0 Å². The average molecular weight is 334 g/mol. The van der Waals surface area contributed by atoms with Crippen molar-refractivity contribution in [1.82, 2.24) is 10.6 Å². The van der Waals surface area contributed by atoms with E-state index in [4.69, 9.17) is 0 Å². The Labute approximate surface area is 122 Å². The van der Waals surface area contributed by atoms with Crippen molar-refractivity contribution in [2.75, 3.05) is 13.1 Å². The highest BCUT2D eigenvalue weighted by Gasteiger charge is 2.16. The van der Waals surface area contributed by atoms with E-state index in [0.29, 0.717) is 6.04 Å². The fourth-order valence-corrected chi connectivity index (χ4v) is 2.27. The minimum Gasteiger partial charge on any atom is -0.349 e. The van der Waals surface area contributed by atoms with Crippen LogP contribution in [0.2, 0.25) is 0 Å². The maximum Gasteiger partial charge on any atom is 0.251 e. The molecule has 18 heavy (non-hydrogen) atoms. The minimum absolute atomic E-state index is 0. The summed E-state index contributed by atoms with van der Waals surface area (Å²) in [7, 11) is 0. The van der Waals surface area contributed by atoms with Crippen LogP contribution in [0.3, 0.4) is 0 Å². The van der Waals surface area contributed by atoms with Crippen LogP contribution in [-0.4, -0.2) is 25.0 Å². The number of carbonyl (C=O) groups is 1. The van der Waals surface area contributed by atoms with Crippen LogP contribution < -0.4 is 10.6 Å². The number of carbonyl (C=O) groups excluding carboxylic acids is 1. The number of nitrogens with one attached hydrogen (secondary N) is 2. The number of hydrogen-bond acceptors (Lipinski definition) is 2. The molecule has 1 aromatic rings. The van der Waals surface area contributed by atoms with Gasteiger partial charge in [-0.3, -0.25) is 4.79 Å². The van der Waals surface area contributed by atoms with E-state index in [1.54, 1.807) is 0 Å². The van der Waals surface area contributed by atoms with Gasteiger partial charge in [0.2, 0.25) is 0 Å². The van der Waals surface area contributed by atoms with Crippen molar-refractivity contribution in [1.29, 1.82) is 0 Å². The highest BCUT2D eigenvalue weighted by Crippen LogP contribution is 2.17. The number of rotatable bonds is 2. The lowest BCUT2D eigenvalue weighted by atomic mass is 10.1. The lowest BCUT2D eigenvalue weighted by Gasteiger charge is -2.23. The van der Waals surface area contributed by atoms with Gasteiger partial charge >= 0.3 is 0 Å². The second-order valence-electron chi connectivity index (χ2n) is 4.46. The molecule has 0 aliphatic carbocycles. The van der Waals surface area contributed by atoms with Crippen molar-refractivity contribution >= 4 is 34.2 Å². The zero-order valence-electron chi connectivity index (χ0n) is 10.3. The summed E-state index contributed by atoms with van der Waals surface area (Å²) in [5.74, 6) is 0.0347. The molecule has 0 radical (unpaired) electrons. The molecule has 0 bridgehead atoms. The molecule has 1 fully saturated rings. The summed E-state index contributed by atoms with van der Waals surface area (Å²) in [4.78, 5) is 12.0. The van der Waals surface area contributed by atoms with Crippen LogP contribution in [0.1, 0.15) is 28.8 Å². The molecule has 0 atom stereocenters. The van der Waals surface area contributed by atoms with Crippen molar-refractivity contribution in [2.45, 2.75) is 25.8 Å². The summed E-state index contributed by atoms with van der Waals surface area (Å²) in [5, 5.41) is 6.37. The Kier molecular flexibility index (Phi) is 6.12. The molecule has 0 aromatic heterocycles. The van der Waals surface area contributed by atoms with Crippen molar-refractivity contribution in [3.05, 3.63) is 33.8 Å². The Morgan fingerprint density at radius 3 is 2.67 bits per heavy atom. The van der Waals surface area contributed by atoms with Gasteiger partial charge in [-0.1, -0.05) is 15.9 Å². The molecule has 5 heteroatoms. The molecule has 0 spiro atoms. The smallest absolute Gasteiger partial charge is 0.251 e. The fourth-order valence-electron chi connectivity index (χ4n) is 2.02. The van der Waals surface area contributed by atoms with E-state index in [9.17, 15) is 4.79 Å². The zero-order chi connectivity index (χ0) is 12.3. The first-order chi connectivity index (χ1) is 8.16. The molecule has 1 saturated heterocycles. The molecule has 0 unspecified atom stereocenters. The Morgan fingerprint density at radius 2 is 2.06 bits per heavy atom. The minimum atomic E-state index is 0. The third-order valence-corrected chi connectivity index (χ3v) is 3.98. The molecule has 1 amide bonds. The van der Waals surface area contributed by atoms with Crippen LogP contribution in [0.15, 0.2) is 22.7 Å². The third kappa shape index (κ3) is 3.97. The molecular formula is C13H18BrClN2O. The van der Waals surface area contributed by atoms with Gasteiger partial charge in [0, 0.05) is 16.1 Å². The summed E-state index contributed by atoms with van der Waals surface area (Å²) in [6, 6.07) is 6.01. The second kappa shape index (κ2) is 7.12. The van der Waals surface area contributed by atoms with Crippen LogP contribution in [-0.2, 0) is 0 Å². The normalized spacial score (nSPS) is 15.9. The lowest BCUT2D eigenvalue weighted by Crippen LogP contribution is -2.42. The number of benzene rings is 1. The number of halogens is 2. The summed E-state index contributed by atoms with van der Waals surface area (Å²) in [5.41, 5.74) is 1.83. The molecule has 0 saturated carbocycles. The predicted molar refractivity (Wildman–Crippen MR) is 79.5 cm³/mol. The number of hydrogen-bond donors (Lipinski definition) is 2. The first-order valence-corrected chi connectivity index (χ1v) is 6.74. The van der Waals surface area contributed by atoms with E-state index >= 15 is 0 Å². The molecular weight excluding hydrogens is 316 g/mol. The highest BCUT2D eigenvalue weighted by molar-refractivity contribution is 9.10. The van der Waals surface area contributed by atoms with E-state index in [2.05, 4.69) is 26.6 Å². The van der Waals surface area contributed by atoms with Crippen LogP contribution in [0, 0.1) is 6.92 Å². The van der Waals surface area contributed by atoms with Crippen molar-refractivity contribution < 1.29 is 4.79 Å². The van der Waals surface area contributed by atoms with Gasteiger partial charge in [-0.25, -0.2) is 0 Å². The van der Waals surface area contributed by atoms with Gasteiger partial charge < -0.3 is 10.6 Å². The molecule has 1 aliphatic heterocycles. The average Bonchev–Trinajstić information content (AvgIpc) is 2.34. The number of piperidine rings is 1. The lowest BCUT2D eigenvalue weighted by molar-refractivity contribution is 0.0929. The number of amides is 1. The van der Waals surface area contributed by atoms with Crippen molar-refractivity contribution in [3.63, 3.8) is 0 Å². The van der Waals surface area contributed by atoms with Crippen LogP contribution >= 0.6 is 28.3 Å². The maximum atomic E-state index is 12.0. The van der Waals surface area contributed by atoms with Gasteiger partial charge in [-0.2, -0.15) is 0 Å². The van der Waals surface area contributed by atoms with Gasteiger partial charge in [0.25, 0.3) is 5.91 Å². The Balaban J connectivity index is 0.00000162. The van der Waals surface area contributed by atoms with Gasteiger partial charge in [0.05, 0.1) is 0 Å². The Morgan fingerprint density at radius 1 is 1.39 bits per heavy atom. The first kappa shape index (κ1) is 15.5. The van der Waals surface area contributed by atoms with Crippen LogP contribution in [0.5, 0.6) is 0 Å². The third-order valence-electron chi connectivity index (χ3n) is 3.09. The molecule has 2 rings (SSSR count). The SMILES string of the molecule is Cc1cc(C(=O)NC2CCNCC2)ccc1Br.Cl. The maximum absolute atomic E-state index is 12.0. The fraction of sp³-hybridized carbons (Fsp3) is 0.462. The summed E-state index contributed by atoms with van der Waals surface area (Å²) in [6.07, 6.45) is 2.03. The highest BCUT2D eigenvalue weighted by atomic mass is 79.9. The van der Waals surface area contributed by atoms with Crippen LogP contribution in [0.4, 0.5) is 0 Å². The van der Waals surface area contributed by atoms with Crippen LogP contribution in [0.25, 0.3) is 0 Å². The largest absolute Gasteiger partial charge is 0.349 e. The molecule has 1 aromatic carbocycles. The van der Waals surface area contributed by atoms with Gasteiger partial charge in [-0.15, -0.1) is 12.4 Å². The topological polar surface area (TPSA) is 41.1 Å². The van der Waals surface area contributed by atoms with E-state index in [-0.39, 0.29) is 18.3 Å². The Hall–Kier alpha value is -0.580. The molecule has 2 N–H and O–H groups in total. The van der Waals surface area contributed by atoms with E-state index < -0.39 is 0 Å². The van der Waals surface area contributed by atoms with E-state index in [1.165, 1.54) is 0 Å². The van der Waals surface area contributed by atoms with Crippen molar-refractivity contribution in [3.8, 4) is 0 Å². The molecule has 100 valence electrons. The second-order valence-corrected chi connectivity index (χ2v) is 5.32. The quantitative estimate of drug-likeness (QED) is 0.873. The van der Waals surface area contributed by atoms with Crippen molar-refractivity contribution in [2.24, 2.45) is 0 Å².